The van der Waals surface area contributed by atoms with E-state index in [0.29, 0.717) is 23.1 Å². The van der Waals surface area contributed by atoms with Gasteiger partial charge in [-0.3, -0.25) is 0 Å². The molecule has 1 aliphatic rings. The molecular formula is C22H28N6O5S. The molecule has 11 nitrogen and oxygen atoms in total. The SMILES string of the molecule is Cc1noc(C)c1S(=O)(=O)N1CCN(C(=O)Nc2ccc(-c3noc(C(C)(C)C)n3)cc2)CC1. The van der Waals surface area contributed by atoms with Crippen LogP contribution in [0, 0.1) is 13.8 Å². The van der Waals surface area contributed by atoms with E-state index in [2.05, 4.69) is 20.6 Å². The minimum absolute atomic E-state index is 0.0988. The number of sulfonamides is 1. The molecule has 1 N–H and O–H groups in total. The summed E-state index contributed by atoms with van der Waals surface area (Å²) in [6.07, 6.45) is 0. The summed E-state index contributed by atoms with van der Waals surface area (Å²) in [5.41, 5.74) is 1.47. The van der Waals surface area contributed by atoms with E-state index in [-0.39, 0.29) is 48.3 Å². The van der Waals surface area contributed by atoms with Crippen LogP contribution < -0.4 is 5.32 Å². The van der Waals surface area contributed by atoms with Crippen LogP contribution in [-0.4, -0.2) is 65.1 Å². The first-order chi connectivity index (χ1) is 16.0. The van der Waals surface area contributed by atoms with Crippen LogP contribution >= 0.6 is 0 Å². The summed E-state index contributed by atoms with van der Waals surface area (Å²) in [6.45, 7) is 10.1. The van der Waals surface area contributed by atoms with Crippen LogP contribution in [0.15, 0.2) is 38.2 Å². The van der Waals surface area contributed by atoms with E-state index in [9.17, 15) is 13.2 Å². The van der Waals surface area contributed by atoms with E-state index in [1.165, 1.54) is 4.31 Å². The number of amides is 2. The second kappa shape index (κ2) is 8.84. The predicted molar refractivity (Wildman–Crippen MR) is 124 cm³/mol. The van der Waals surface area contributed by atoms with Crippen LogP contribution in [0.5, 0.6) is 0 Å². The lowest BCUT2D eigenvalue weighted by Crippen LogP contribution is -2.51. The quantitative estimate of drug-likeness (QED) is 0.592. The Morgan fingerprint density at radius 3 is 2.18 bits per heavy atom. The number of benzene rings is 1. The van der Waals surface area contributed by atoms with Crippen LogP contribution in [0.25, 0.3) is 11.4 Å². The van der Waals surface area contributed by atoms with Gasteiger partial charge in [-0.05, 0) is 38.1 Å². The summed E-state index contributed by atoms with van der Waals surface area (Å²) in [5, 5.41) is 10.6. The summed E-state index contributed by atoms with van der Waals surface area (Å²) < 4.78 is 37.6. The molecule has 12 heteroatoms. The number of nitrogens with one attached hydrogen (secondary N) is 1. The van der Waals surface area contributed by atoms with Gasteiger partial charge in [0.05, 0.1) is 0 Å². The van der Waals surface area contributed by atoms with Crippen LogP contribution in [0.4, 0.5) is 10.5 Å². The van der Waals surface area contributed by atoms with Crippen molar-refractivity contribution < 1.29 is 22.3 Å². The molecule has 0 atom stereocenters. The molecule has 2 aromatic heterocycles. The molecule has 2 amide bonds. The Hall–Kier alpha value is -3.25. The van der Waals surface area contributed by atoms with Crippen molar-refractivity contribution in [3.8, 4) is 11.4 Å². The van der Waals surface area contributed by atoms with Crippen molar-refractivity contribution in [2.45, 2.75) is 44.9 Å². The van der Waals surface area contributed by atoms with Gasteiger partial charge in [-0.25, -0.2) is 13.2 Å². The Balaban J connectivity index is 1.36. The third-order valence-electron chi connectivity index (χ3n) is 5.55. The fourth-order valence-electron chi connectivity index (χ4n) is 3.65. The van der Waals surface area contributed by atoms with Crippen LogP contribution in [0.1, 0.15) is 38.1 Å². The lowest BCUT2D eigenvalue weighted by atomic mass is 9.97. The molecule has 0 spiro atoms. The summed E-state index contributed by atoms with van der Waals surface area (Å²) in [4.78, 5) is 18.8. The maximum absolute atomic E-state index is 13.0. The zero-order chi connectivity index (χ0) is 24.7. The number of aromatic nitrogens is 3. The van der Waals surface area contributed by atoms with Gasteiger partial charge in [0.2, 0.25) is 21.7 Å². The Morgan fingerprint density at radius 2 is 1.65 bits per heavy atom. The Morgan fingerprint density at radius 1 is 1.00 bits per heavy atom. The van der Waals surface area contributed by atoms with Crippen molar-refractivity contribution in [3.05, 3.63) is 41.6 Å². The number of nitrogens with zero attached hydrogens (tertiary/aromatic N) is 5. The van der Waals surface area contributed by atoms with Gasteiger partial charge in [-0.15, -0.1) is 0 Å². The molecular weight excluding hydrogens is 460 g/mol. The molecule has 3 aromatic rings. The minimum Gasteiger partial charge on any atom is -0.360 e. The second-order valence-corrected chi connectivity index (χ2v) is 11.1. The normalized spacial score (nSPS) is 15.5. The molecule has 3 heterocycles. The fourth-order valence-corrected chi connectivity index (χ4v) is 5.37. The Labute approximate surface area is 198 Å². The lowest BCUT2D eigenvalue weighted by molar-refractivity contribution is 0.184. The first-order valence-corrected chi connectivity index (χ1v) is 12.3. The monoisotopic (exact) mass is 488 g/mol. The summed E-state index contributed by atoms with van der Waals surface area (Å²) in [5.74, 6) is 1.30. The van der Waals surface area contributed by atoms with Crippen LogP contribution in [0.2, 0.25) is 0 Å². The van der Waals surface area contributed by atoms with E-state index in [1.54, 1.807) is 43.0 Å². The standard InChI is InChI=1S/C22H28N6O5S/c1-14-18(15(2)32-25-14)34(30,31)28-12-10-27(11-13-28)21(29)23-17-8-6-16(7-9-17)19-24-20(33-26-19)22(3,4)5/h6-9H,10-13H2,1-5H3,(H,23,29). The molecule has 1 saturated heterocycles. The minimum atomic E-state index is -3.73. The zero-order valence-electron chi connectivity index (χ0n) is 19.8. The number of rotatable bonds is 4. The first kappa shape index (κ1) is 23.9. The van der Waals surface area contributed by atoms with Gasteiger partial charge in [0.15, 0.2) is 5.76 Å². The van der Waals surface area contributed by atoms with Crippen molar-refractivity contribution in [1.29, 1.82) is 0 Å². The van der Waals surface area contributed by atoms with Crippen LogP contribution in [0.3, 0.4) is 0 Å². The number of aryl methyl sites for hydroxylation is 2. The Kier molecular flexibility index (Phi) is 6.21. The third-order valence-corrected chi connectivity index (χ3v) is 7.70. The highest BCUT2D eigenvalue weighted by molar-refractivity contribution is 7.89. The van der Waals surface area contributed by atoms with E-state index >= 15 is 0 Å². The molecule has 0 unspecified atom stereocenters. The maximum Gasteiger partial charge on any atom is 0.321 e. The Bertz CT molecular complexity index is 1260. The first-order valence-electron chi connectivity index (χ1n) is 10.9. The number of carbonyl (C=O) groups excluding carboxylic acids is 1. The van der Waals surface area contributed by atoms with Crippen molar-refractivity contribution in [3.63, 3.8) is 0 Å². The summed E-state index contributed by atoms with van der Waals surface area (Å²) in [7, 11) is -3.73. The zero-order valence-corrected chi connectivity index (χ0v) is 20.6. The summed E-state index contributed by atoms with van der Waals surface area (Å²) in [6, 6.07) is 6.84. The molecule has 0 saturated carbocycles. The molecule has 0 aliphatic carbocycles. The van der Waals surface area contributed by atoms with Gasteiger partial charge in [0.25, 0.3) is 0 Å². The number of hydrogen-bond acceptors (Lipinski definition) is 8. The smallest absolute Gasteiger partial charge is 0.321 e. The number of piperazine rings is 1. The second-order valence-electron chi connectivity index (χ2n) is 9.23. The van der Waals surface area contributed by atoms with Gasteiger partial charge in [-0.2, -0.15) is 9.29 Å². The van der Waals surface area contributed by atoms with E-state index in [0.717, 1.165) is 5.56 Å². The van der Waals surface area contributed by atoms with Crippen molar-refractivity contribution in [1.82, 2.24) is 24.5 Å². The number of carbonyl (C=O) groups is 1. The van der Waals surface area contributed by atoms with Gasteiger partial charge in [0, 0.05) is 42.8 Å². The average Bonchev–Trinajstić information content (AvgIpc) is 3.41. The summed E-state index contributed by atoms with van der Waals surface area (Å²) >= 11 is 0. The van der Waals surface area contributed by atoms with Gasteiger partial charge in [-0.1, -0.05) is 31.1 Å². The molecule has 1 fully saturated rings. The van der Waals surface area contributed by atoms with Gasteiger partial charge < -0.3 is 19.3 Å². The number of anilines is 1. The number of hydrogen-bond donors (Lipinski definition) is 1. The average molecular weight is 489 g/mol. The maximum atomic E-state index is 13.0. The lowest BCUT2D eigenvalue weighted by Gasteiger charge is -2.33. The highest BCUT2D eigenvalue weighted by Crippen LogP contribution is 2.26. The molecule has 1 aromatic carbocycles. The van der Waals surface area contributed by atoms with E-state index in [4.69, 9.17) is 9.05 Å². The van der Waals surface area contributed by atoms with Crippen LogP contribution in [-0.2, 0) is 15.4 Å². The topological polar surface area (TPSA) is 135 Å². The van der Waals surface area contributed by atoms with Crippen molar-refractivity contribution in [2.75, 3.05) is 31.5 Å². The third kappa shape index (κ3) is 4.68. The number of urea groups is 1. The van der Waals surface area contributed by atoms with Crippen molar-refractivity contribution in [2.24, 2.45) is 0 Å². The van der Waals surface area contributed by atoms with E-state index < -0.39 is 10.0 Å². The van der Waals surface area contributed by atoms with Crippen molar-refractivity contribution >= 4 is 21.7 Å². The molecule has 34 heavy (non-hydrogen) atoms. The fraction of sp³-hybridized carbons (Fsp3) is 0.455. The molecule has 0 bridgehead atoms. The van der Waals surface area contributed by atoms with Gasteiger partial charge in [0.1, 0.15) is 10.6 Å². The predicted octanol–water partition coefficient (Wildman–Crippen LogP) is 3.18. The molecule has 182 valence electrons. The molecule has 1 aliphatic heterocycles. The van der Waals surface area contributed by atoms with E-state index in [1.807, 2.05) is 20.8 Å². The molecule has 4 rings (SSSR count). The highest BCUT2D eigenvalue weighted by atomic mass is 32.2. The molecule has 0 radical (unpaired) electrons. The highest BCUT2D eigenvalue weighted by Gasteiger charge is 2.34. The van der Waals surface area contributed by atoms with Gasteiger partial charge >= 0.3 is 6.03 Å². The largest absolute Gasteiger partial charge is 0.360 e.